The van der Waals surface area contributed by atoms with E-state index in [-0.39, 0.29) is 17.0 Å². The SMILES string of the molecule is Bc1c(O)c(O)nc(CCC)c1O. The molecule has 70 valence electrons. The van der Waals surface area contributed by atoms with E-state index in [1.807, 2.05) is 6.92 Å². The molecule has 3 N–H and O–H groups in total. The van der Waals surface area contributed by atoms with Crippen LogP contribution < -0.4 is 5.46 Å². The van der Waals surface area contributed by atoms with Gasteiger partial charge in [0.15, 0.2) is 5.75 Å². The Kier molecular flexibility index (Phi) is 2.65. The minimum Gasteiger partial charge on any atom is -0.506 e. The van der Waals surface area contributed by atoms with E-state index < -0.39 is 5.88 Å². The van der Waals surface area contributed by atoms with Gasteiger partial charge in [-0.1, -0.05) is 13.3 Å². The van der Waals surface area contributed by atoms with Crippen LogP contribution in [-0.2, 0) is 6.42 Å². The Morgan fingerprint density at radius 2 is 1.85 bits per heavy atom. The molecule has 0 bridgehead atoms. The van der Waals surface area contributed by atoms with Crippen molar-refractivity contribution in [1.29, 1.82) is 0 Å². The highest BCUT2D eigenvalue weighted by Gasteiger charge is 2.13. The monoisotopic (exact) mass is 181 g/mol. The van der Waals surface area contributed by atoms with Gasteiger partial charge >= 0.3 is 0 Å². The van der Waals surface area contributed by atoms with Gasteiger partial charge in [0.25, 0.3) is 5.88 Å². The molecule has 13 heavy (non-hydrogen) atoms. The summed E-state index contributed by atoms with van der Waals surface area (Å²) in [6.07, 6.45) is 1.41. The van der Waals surface area contributed by atoms with Crippen molar-refractivity contribution in [3.63, 3.8) is 0 Å². The highest BCUT2D eigenvalue weighted by Crippen LogP contribution is 2.25. The van der Waals surface area contributed by atoms with Crippen molar-refractivity contribution in [2.75, 3.05) is 0 Å². The van der Waals surface area contributed by atoms with Gasteiger partial charge < -0.3 is 15.3 Å². The Balaban J connectivity index is 3.24. The van der Waals surface area contributed by atoms with Gasteiger partial charge in [-0.3, -0.25) is 0 Å². The molecule has 0 aromatic carbocycles. The Morgan fingerprint density at radius 1 is 1.23 bits per heavy atom. The van der Waals surface area contributed by atoms with Crippen LogP contribution in [0.15, 0.2) is 0 Å². The summed E-state index contributed by atoms with van der Waals surface area (Å²) < 4.78 is 0. The molecule has 0 aliphatic carbocycles. The summed E-state index contributed by atoms with van der Waals surface area (Å²) in [6, 6.07) is 0. The van der Waals surface area contributed by atoms with Crippen molar-refractivity contribution >= 4 is 13.3 Å². The number of aromatic nitrogens is 1. The van der Waals surface area contributed by atoms with Crippen LogP contribution in [0.25, 0.3) is 0 Å². The van der Waals surface area contributed by atoms with E-state index in [0.717, 1.165) is 6.42 Å². The van der Waals surface area contributed by atoms with Crippen molar-refractivity contribution in [2.24, 2.45) is 0 Å². The summed E-state index contributed by atoms with van der Waals surface area (Å²) in [5.41, 5.74) is 0.700. The van der Waals surface area contributed by atoms with Gasteiger partial charge in [0, 0.05) is 5.46 Å². The molecule has 1 aromatic rings. The fraction of sp³-hybridized carbons (Fsp3) is 0.375. The van der Waals surface area contributed by atoms with Crippen LogP contribution in [0.2, 0.25) is 0 Å². The van der Waals surface area contributed by atoms with E-state index in [1.54, 1.807) is 0 Å². The highest BCUT2D eigenvalue weighted by atomic mass is 16.3. The number of rotatable bonds is 2. The van der Waals surface area contributed by atoms with Gasteiger partial charge in [-0.2, -0.15) is 0 Å². The zero-order chi connectivity index (χ0) is 10.0. The molecule has 1 heterocycles. The molecule has 0 saturated heterocycles. The molecule has 5 heteroatoms. The van der Waals surface area contributed by atoms with Gasteiger partial charge in [0.2, 0.25) is 0 Å². The number of aromatic hydroxyl groups is 3. The average Bonchev–Trinajstić information content (AvgIpc) is 2.11. The first-order valence-electron chi connectivity index (χ1n) is 4.18. The molecule has 0 saturated carbocycles. The van der Waals surface area contributed by atoms with Crippen molar-refractivity contribution in [3.05, 3.63) is 5.69 Å². The van der Waals surface area contributed by atoms with E-state index >= 15 is 0 Å². The van der Waals surface area contributed by atoms with Gasteiger partial charge in [-0.05, 0) is 6.42 Å². The van der Waals surface area contributed by atoms with Crippen LogP contribution in [-0.4, -0.2) is 28.1 Å². The van der Waals surface area contributed by atoms with Crippen molar-refractivity contribution < 1.29 is 15.3 Å². The fourth-order valence-corrected chi connectivity index (χ4v) is 1.14. The first-order valence-corrected chi connectivity index (χ1v) is 4.18. The molecule has 0 atom stereocenters. The molecule has 1 rings (SSSR count). The Bertz CT molecular complexity index is 328. The van der Waals surface area contributed by atoms with E-state index in [1.165, 1.54) is 7.85 Å². The zero-order valence-corrected chi connectivity index (χ0v) is 7.70. The summed E-state index contributed by atoms with van der Waals surface area (Å²) in [5, 5.41) is 27.9. The van der Waals surface area contributed by atoms with Gasteiger partial charge in [-0.25, -0.2) is 4.98 Å². The molecule has 0 amide bonds. The van der Waals surface area contributed by atoms with Crippen LogP contribution in [0, 0.1) is 0 Å². The van der Waals surface area contributed by atoms with Crippen LogP contribution in [0.3, 0.4) is 0 Å². The highest BCUT2D eigenvalue weighted by molar-refractivity contribution is 6.36. The van der Waals surface area contributed by atoms with Crippen LogP contribution in [0.5, 0.6) is 17.4 Å². The largest absolute Gasteiger partial charge is 0.506 e. The predicted molar refractivity (Wildman–Crippen MR) is 51.4 cm³/mol. The van der Waals surface area contributed by atoms with Crippen molar-refractivity contribution in [3.8, 4) is 17.4 Å². The number of pyridine rings is 1. The topological polar surface area (TPSA) is 73.6 Å². The summed E-state index contributed by atoms with van der Waals surface area (Å²) in [6.45, 7) is 1.94. The van der Waals surface area contributed by atoms with Crippen molar-refractivity contribution in [1.82, 2.24) is 4.98 Å². The number of hydrogen-bond acceptors (Lipinski definition) is 4. The third kappa shape index (κ3) is 1.69. The molecule has 0 spiro atoms. The number of hydrogen-bond donors (Lipinski definition) is 3. The van der Waals surface area contributed by atoms with Gasteiger partial charge in [0.05, 0.1) is 5.69 Å². The number of aryl methyl sites for hydroxylation is 1. The van der Waals surface area contributed by atoms with E-state index in [0.29, 0.717) is 12.1 Å². The summed E-state index contributed by atoms with van der Waals surface area (Å²) in [7, 11) is 1.53. The Morgan fingerprint density at radius 3 is 2.38 bits per heavy atom. The zero-order valence-electron chi connectivity index (χ0n) is 7.70. The standard InChI is InChI=1S/C8H12BNO3/c1-2-3-4-6(11)5(9)7(12)8(13)10-4/h11-12H,2-3,9H2,1H3,(H,10,13). The lowest BCUT2D eigenvalue weighted by Crippen LogP contribution is -2.08. The lowest BCUT2D eigenvalue weighted by atomic mass is 9.93. The molecular formula is C8H12BNO3. The minimum absolute atomic E-state index is 0.0304. The maximum Gasteiger partial charge on any atom is 0.254 e. The van der Waals surface area contributed by atoms with Gasteiger partial charge in [-0.15, -0.1) is 0 Å². The fourth-order valence-electron chi connectivity index (χ4n) is 1.14. The lowest BCUT2D eigenvalue weighted by molar-refractivity contribution is 0.381. The smallest absolute Gasteiger partial charge is 0.254 e. The Hall–Kier alpha value is -1.39. The molecular weight excluding hydrogens is 169 g/mol. The quantitative estimate of drug-likeness (QED) is 0.533. The third-order valence-corrected chi connectivity index (χ3v) is 1.92. The molecule has 0 fully saturated rings. The van der Waals surface area contributed by atoms with E-state index in [2.05, 4.69) is 4.98 Å². The van der Waals surface area contributed by atoms with Crippen LogP contribution in [0.1, 0.15) is 19.0 Å². The lowest BCUT2D eigenvalue weighted by Gasteiger charge is -2.08. The normalized spacial score (nSPS) is 10.2. The molecule has 0 unspecified atom stereocenters. The van der Waals surface area contributed by atoms with E-state index in [4.69, 9.17) is 5.11 Å². The molecule has 0 aliphatic heterocycles. The number of nitrogens with zero attached hydrogens (tertiary/aromatic N) is 1. The second-order valence-electron chi connectivity index (χ2n) is 2.95. The molecule has 1 aromatic heterocycles. The predicted octanol–water partition coefficient (Wildman–Crippen LogP) is -0.591. The average molecular weight is 181 g/mol. The van der Waals surface area contributed by atoms with Crippen LogP contribution >= 0.6 is 0 Å². The second kappa shape index (κ2) is 3.55. The van der Waals surface area contributed by atoms with Crippen molar-refractivity contribution in [2.45, 2.75) is 19.8 Å². The maximum atomic E-state index is 9.50. The Labute approximate surface area is 77.3 Å². The molecule has 4 nitrogen and oxygen atoms in total. The van der Waals surface area contributed by atoms with Gasteiger partial charge in [0.1, 0.15) is 13.6 Å². The summed E-state index contributed by atoms with van der Waals surface area (Å²) >= 11 is 0. The molecule has 0 radical (unpaired) electrons. The molecule has 0 aliphatic rings. The maximum absolute atomic E-state index is 9.50. The third-order valence-electron chi connectivity index (χ3n) is 1.92. The second-order valence-corrected chi connectivity index (χ2v) is 2.95. The minimum atomic E-state index is -0.418. The summed E-state index contributed by atoms with van der Waals surface area (Å²) in [4.78, 5) is 3.68. The summed E-state index contributed by atoms with van der Waals surface area (Å²) in [5.74, 6) is -0.798. The van der Waals surface area contributed by atoms with E-state index in [9.17, 15) is 10.2 Å². The first-order chi connectivity index (χ1) is 6.07. The van der Waals surface area contributed by atoms with Crippen LogP contribution in [0.4, 0.5) is 0 Å². The first kappa shape index (κ1) is 9.70.